The first-order valence-corrected chi connectivity index (χ1v) is 7.39. The minimum Gasteiger partial charge on any atom is -0.374 e. The number of rotatable bonds is 3. The molecule has 4 nitrogen and oxygen atoms in total. The number of benzene rings is 1. The second kappa shape index (κ2) is 6.37. The Kier molecular flexibility index (Phi) is 4.33. The van der Waals surface area contributed by atoms with Crippen molar-refractivity contribution in [2.24, 2.45) is 0 Å². The van der Waals surface area contributed by atoms with E-state index in [2.05, 4.69) is 12.1 Å². The molecule has 0 saturated carbocycles. The summed E-state index contributed by atoms with van der Waals surface area (Å²) in [5.41, 5.74) is 1.25. The summed E-state index contributed by atoms with van der Waals surface area (Å²) in [5, 5.41) is 0. The van der Waals surface area contributed by atoms with Crippen molar-refractivity contribution in [3.05, 3.63) is 35.9 Å². The molecule has 2 aliphatic rings. The van der Waals surface area contributed by atoms with Crippen molar-refractivity contribution in [2.75, 3.05) is 26.3 Å². The third-order valence-electron chi connectivity index (χ3n) is 3.96. The van der Waals surface area contributed by atoms with E-state index in [-0.39, 0.29) is 18.1 Å². The maximum absolute atomic E-state index is 12.3. The van der Waals surface area contributed by atoms with Gasteiger partial charge in [-0.05, 0) is 18.4 Å². The number of morpholine rings is 1. The van der Waals surface area contributed by atoms with Gasteiger partial charge in [0.15, 0.2) is 0 Å². The quantitative estimate of drug-likeness (QED) is 0.841. The predicted octanol–water partition coefficient (Wildman–Crippen LogP) is 1.64. The van der Waals surface area contributed by atoms with Crippen LogP contribution in [-0.4, -0.2) is 49.3 Å². The fourth-order valence-corrected chi connectivity index (χ4v) is 2.90. The summed E-state index contributed by atoms with van der Waals surface area (Å²) in [6.07, 6.45) is 2.59. The Labute approximate surface area is 119 Å². The molecule has 2 heterocycles. The number of amides is 1. The zero-order valence-corrected chi connectivity index (χ0v) is 11.7. The Hall–Kier alpha value is -1.39. The molecule has 0 N–H and O–H groups in total. The van der Waals surface area contributed by atoms with Gasteiger partial charge in [0.2, 0.25) is 0 Å². The van der Waals surface area contributed by atoms with Crippen LogP contribution in [0, 0.1) is 0 Å². The Morgan fingerprint density at radius 3 is 2.80 bits per heavy atom. The van der Waals surface area contributed by atoms with Gasteiger partial charge in [-0.25, -0.2) is 0 Å². The van der Waals surface area contributed by atoms with Crippen LogP contribution in [0.25, 0.3) is 0 Å². The Morgan fingerprint density at radius 2 is 2.05 bits per heavy atom. The van der Waals surface area contributed by atoms with E-state index in [9.17, 15) is 4.79 Å². The highest BCUT2D eigenvalue weighted by Crippen LogP contribution is 2.18. The molecule has 20 heavy (non-hydrogen) atoms. The first kappa shape index (κ1) is 13.6. The average molecular weight is 275 g/mol. The second-order valence-corrected chi connectivity index (χ2v) is 5.47. The van der Waals surface area contributed by atoms with Gasteiger partial charge in [0.1, 0.15) is 6.10 Å². The van der Waals surface area contributed by atoms with E-state index >= 15 is 0 Å². The number of hydrogen-bond acceptors (Lipinski definition) is 3. The van der Waals surface area contributed by atoms with Crippen molar-refractivity contribution in [2.45, 2.75) is 31.5 Å². The zero-order chi connectivity index (χ0) is 13.8. The van der Waals surface area contributed by atoms with E-state index in [1.54, 1.807) is 0 Å². The molecule has 1 amide bonds. The molecule has 1 aromatic carbocycles. The molecular weight excluding hydrogens is 254 g/mol. The van der Waals surface area contributed by atoms with E-state index in [4.69, 9.17) is 9.47 Å². The summed E-state index contributed by atoms with van der Waals surface area (Å²) in [7, 11) is 0. The molecule has 0 aromatic heterocycles. The maximum atomic E-state index is 12.3. The zero-order valence-electron chi connectivity index (χ0n) is 11.7. The largest absolute Gasteiger partial charge is 0.374 e. The number of nitrogens with zero attached hydrogens (tertiary/aromatic N) is 1. The number of carbonyl (C=O) groups excluding carboxylic acids is 1. The molecule has 2 aliphatic heterocycles. The minimum absolute atomic E-state index is 0.0940. The van der Waals surface area contributed by atoms with Crippen LogP contribution in [0.4, 0.5) is 0 Å². The topological polar surface area (TPSA) is 38.8 Å². The van der Waals surface area contributed by atoms with E-state index < -0.39 is 0 Å². The molecule has 0 aliphatic carbocycles. The monoisotopic (exact) mass is 275 g/mol. The minimum atomic E-state index is -0.217. The molecule has 2 atom stereocenters. The Morgan fingerprint density at radius 1 is 1.20 bits per heavy atom. The van der Waals surface area contributed by atoms with Crippen LogP contribution < -0.4 is 0 Å². The molecule has 3 rings (SSSR count). The van der Waals surface area contributed by atoms with Crippen molar-refractivity contribution in [1.82, 2.24) is 4.90 Å². The third kappa shape index (κ3) is 3.19. The SMILES string of the molecule is O=C(C1CCCO1)N1CCOC(Cc2ccccc2)C1. The lowest BCUT2D eigenvalue weighted by atomic mass is 10.1. The number of ether oxygens (including phenoxy) is 2. The summed E-state index contributed by atoms with van der Waals surface area (Å²) in [4.78, 5) is 14.3. The predicted molar refractivity (Wildman–Crippen MR) is 75.4 cm³/mol. The van der Waals surface area contributed by atoms with Gasteiger partial charge >= 0.3 is 0 Å². The summed E-state index contributed by atoms with van der Waals surface area (Å²) < 4.78 is 11.3. The van der Waals surface area contributed by atoms with Crippen molar-refractivity contribution >= 4 is 5.91 Å². The Bertz CT molecular complexity index is 442. The van der Waals surface area contributed by atoms with Gasteiger partial charge in [0.05, 0.1) is 12.7 Å². The summed E-state index contributed by atoms with van der Waals surface area (Å²) in [6.45, 7) is 2.70. The molecule has 2 fully saturated rings. The van der Waals surface area contributed by atoms with Crippen molar-refractivity contribution < 1.29 is 14.3 Å². The lowest BCUT2D eigenvalue weighted by Gasteiger charge is -2.34. The van der Waals surface area contributed by atoms with Crippen molar-refractivity contribution in [3.8, 4) is 0 Å². The number of hydrogen-bond donors (Lipinski definition) is 0. The van der Waals surface area contributed by atoms with Gasteiger partial charge in [-0.15, -0.1) is 0 Å². The van der Waals surface area contributed by atoms with Crippen LogP contribution in [0.1, 0.15) is 18.4 Å². The molecule has 0 radical (unpaired) electrons. The first-order valence-electron chi connectivity index (χ1n) is 7.39. The van der Waals surface area contributed by atoms with Crippen LogP contribution in [0.5, 0.6) is 0 Å². The van der Waals surface area contributed by atoms with Crippen LogP contribution in [0.3, 0.4) is 0 Å². The molecule has 0 bridgehead atoms. The highest BCUT2D eigenvalue weighted by Gasteiger charge is 2.31. The first-order chi connectivity index (χ1) is 9.83. The van der Waals surface area contributed by atoms with Gasteiger partial charge in [-0.3, -0.25) is 4.79 Å². The summed E-state index contributed by atoms with van der Waals surface area (Å²) in [5.74, 6) is 0.142. The van der Waals surface area contributed by atoms with Crippen LogP contribution in [-0.2, 0) is 20.7 Å². The van der Waals surface area contributed by atoms with Gasteiger partial charge in [-0.1, -0.05) is 30.3 Å². The average Bonchev–Trinajstić information content (AvgIpc) is 3.02. The second-order valence-electron chi connectivity index (χ2n) is 5.47. The standard InChI is InChI=1S/C16H21NO3/c18-16(15-7-4-9-20-15)17-8-10-19-14(12-17)11-13-5-2-1-3-6-13/h1-3,5-6,14-15H,4,7-12H2. The molecule has 0 spiro atoms. The molecule has 108 valence electrons. The lowest BCUT2D eigenvalue weighted by Crippen LogP contribution is -2.49. The molecular formula is C16H21NO3. The van der Waals surface area contributed by atoms with E-state index in [1.165, 1.54) is 5.56 Å². The van der Waals surface area contributed by atoms with Gasteiger partial charge in [-0.2, -0.15) is 0 Å². The van der Waals surface area contributed by atoms with E-state index in [1.807, 2.05) is 23.1 Å². The smallest absolute Gasteiger partial charge is 0.251 e. The summed E-state index contributed by atoms with van der Waals surface area (Å²) >= 11 is 0. The highest BCUT2D eigenvalue weighted by atomic mass is 16.5. The lowest BCUT2D eigenvalue weighted by molar-refractivity contribution is -0.148. The normalized spacial score (nSPS) is 26.7. The van der Waals surface area contributed by atoms with Crippen molar-refractivity contribution in [1.29, 1.82) is 0 Å². The highest BCUT2D eigenvalue weighted by molar-refractivity contribution is 5.81. The maximum Gasteiger partial charge on any atom is 0.251 e. The van der Waals surface area contributed by atoms with Crippen molar-refractivity contribution in [3.63, 3.8) is 0 Å². The third-order valence-corrected chi connectivity index (χ3v) is 3.96. The summed E-state index contributed by atoms with van der Waals surface area (Å²) in [6, 6.07) is 10.3. The van der Waals surface area contributed by atoms with E-state index in [0.717, 1.165) is 19.3 Å². The van der Waals surface area contributed by atoms with Gasteiger partial charge in [0, 0.05) is 26.1 Å². The fourth-order valence-electron chi connectivity index (χ4n) is 2.90. The van der Waals surface area contributed by atoms with Crippen LogP contribution in [0.2, 0.25) is 0 Å². The molecule has 2 unspecified atom stereocenters. The van der Waals surface area contributed by atoms with Crippen LogP contribution in [0.15, 0.2) is 30.3 Å². The molecule has 4 heteroatoms. The van der Waals surface area contributed by atoms with Gasteiger partial charge < -0.3 is 14.4 Å². The van der Waals surface area contributed by atoms with Gasteiger partial charge in [0.25, 0.3) is 5.91 Å². The van der Waals surface area contributed by atoms with Crippen LogP contribution >= 0.6 is 0 Å². The molecule has 1 aromatic rings. The number of carbonyl (C=O) groups is 1. The van der Waals surface area contributed by atoms with E-state index in [0.29, 0.717) is 26.3 Å². The molecule has 2 saturated heterocycles. The fraction of sp³-hybridized carbons (Fsp3) is 0.562. The Balaban J connectivity index is 1.57.